The fraction of sp³-hybridized carbons (Fsp3) is 0.400. The molecule has 0 bridgehead atoms. The van der Waals surface area contributed by atoms with E-state index < -0.39 is 11.6 Å². The van der Waals surface area contributed by atoms with Crippen LogP contribution < -0.4 is 11.1 Å². The van der Waals surface area contributed by atoms with Crippen LogP contribution in [0.3, 0.4) is 0 Å². The minimum atomic E-state index is -0.803. The number of hydrogen-bond acceptors (Lipinski definition) is 2. The third-order valence-corrected chi connectivity index (χ3v) is 3.32. The Kier molecular flexibility index (Phi) is 1.32. The van der Waals surface area contributed by atoms with Crippen molar-refractivity contribution in [3.63, 3.8) is 0 Å². The third-order valence-electron chi connectivity index (χ3n) is 3.32. The molecule has 0 amide bonds. The highest BCUT2D eigenvalue weighted by Crippen LogP contribution is 2.53. The van der Waals surface area contributed by atoms with Crippen molar-refractivity contribution in [2.75, 3.05) is 11.9 Å². The lowest BCUT2D eigenvalue weighted by Gasteiger charge is -2.07. The summed E-state index contributed by atoms with van der Waals surface area (Å²) in [7, 11) is 0. The van der Waals surface area contributed by atoms with E-state index in [-0.39, 0.29) is 11.5 Å². The highest BCUT2D eigenvalue weighted by Gasteiger charge is 2.57. The van der Waals surface area contributed by atoms with Crippen LogP contribution in [0.4, 0.5) is 14.5 Å². The molecule has 4 heteroatoms. The Morgan fingerprint density at radius 3 is 2.64 bits per heavy atom. The summed E-state index contributed by atoms with van der Waals surface area (Å²) in [5.41, 5.74) is 7.22. The molecule has 0 radical (unpaired) electrons. The summed E-state index contributed by atoms with van der Waals surface area (Å²) in [6.07, 6.45) is 0.859. The van der Waals surface area contributed by atoms with Gasteiger partial charge in [0.05, 0.1) is 0 Å². The molecule has 2 unspecified atom stereocenters. The van der Waals surface area contributed by atoms with Crippen molar-refractivity contribution in [1.82, 2.24) is 0 Å². The molecule has 1 aromatic rings. The largest absolute Gasteiger partial charge is 0.384 e. The van der Waals surface area contributed by atoms with E-state index in [4.69, 9.17) is 5.73 Å². The standard InChI is InChI=1S/C10H10F2N2/c11-6-1-5-8(2-7(6)12)14-4-10(5)3-9(10)13/h1-2,9,14H,3-4,13H2. The van der Waals surface area contributed by atoms with Crippen molar-refractivity contribution in [3.8, 4) is 0 Å². The molecule has 1 fully saturated rings. The first-order chi connectivity index (χ1) is 6.63. The van der Waals surface area contributed by atoms with Crippen molar-refractivity contribution in [2.45, 2.75) is 17.9 Å². The Balaban J connectivity index is 2.17. The van der Waals surface area contributed by atoms with E-state index in [1.165, 1.54) is 12.1 Å². The van der Waals surface area contributed by atoms with E-state index >= 15 is 0 Å². The van der Waals surface area contributed by atoms with Gasteiger partial charge in [0.15, 0.2) is 11.6 Å². The SMILES string of the molecule is NC1CC12CNc1cc(F)c(F)cc12. The fourth-order valence-electron chi connectivity index (χ4n) is 2.30. The smallest absolute Gasteiger partial charge is 0.160 e. The zero-order valence-electron chi connectivity index (χ0n) is 7.48. The molecule has 2 aliphatic rings. The van der Waals surface area contributed by atoms with E-state index in [0.29, 0.717) is 12.2 Å². The van der Waals surface area contributed by atoms with Crippen molar-refractivity contribution >= 4 is 5.69 Å². The molecule has 1 heterocycles. The highest BCUT2D eigenvalue weighted by molar-refractivity contribution is 5.64. The molecule has 3 N–H and O–H groups in total. The molecule has 14 heavy (non-hydrogen) atoms. The summed E-state index contributed by atoms with van der Waals surface area (Å²) in [5, 5.41) is 3.06. The minimum absolute atomic E-state index is 0.0844. The van der Waals surface area contributed by atoms with Crippen molar-refractivity contribution in [2.24, 2.45) is 5.73 Å². The van der Waals surface area contributed by atoms with Gasteiger partial charge in [-0.25, -0.2) is 8.78 Å². The number of benzene rings is 1. The molecule has 1 aliphatic heterocycles. The maximum absolute atomic E-state index is 13.0. The molecule has 0 saturated heterocycles. The highest BCUT2D eigenvalue weighted by atomic mass is 19.2. The van der Waals surface area contributed by atoms with Gasteiger partial charge in [0.1, 0.15) is 0 Å². The summed E-state index contributed by atoms with van der Waals surface area (Å²) in [5.74, 6) is -1.59. The molecular formula is C10H10F2N2. The third kappa shape index (κ3) is 0.817. The molecule has 2 atom stereocenters. The lowest BCUT2D eigenvalue weighted by molar-refractivity contribution is 0.507. The van der Waals surface area contributed by atoms with Gasteiger partial charge in [0.2, 0.25) is 0 Å². The van der Waals surface area contributed by atoms with Crippen molar-refractivity contribution in [1.29, 1.82) is 0 Å². The van der Waals surface area contributed by atoms with Gasteiger partial charge >= 0.3 is 0 Å². The first kappa shape index (κ1) is 8.17. The molecule has 74 valence electrons. The second kappa shape index (κ2) is 2.25. The van der Waals surface area contributed by atoms with Gasteiger partial charge in [0, 0.05) is 29.8 Å². The number of rotatable bonds is 0. The Bertz CT molecular complexity index is 419. The molecule has 1 spiro atoms. The van der Waals surface area contributed by atoms with E-state index in [0.717, 1.165) is 12.0 Å². The number of anilines is 1. The molecule has 1 aromatic carbocycles. The van der Waals surface area contributed by atoms with Crippen LogP contribution in [0.15, 0.2) is 12.1 Å². The van der Waals surface area contributed by atoms with Gasteiger partial charge in [-0.1, -0.05) is 0 Å². The monoisotopic (exact) mass is 196 g/mol. The summed E-state index contributed by atoms with van der Waals surface area (Å²) in [4.78, 5) is 0. The van der Waals surface area contributed by atoms with Gasteiger partial charge < -0.3 is 11.1 Å². The maximum atomic E-state index is 13.0. The Labute approximate surface area is 80.1 Å². The minimum Gasteiger partial charge on any atom is -0.384 e. The van der Waals surface area contributed by atoms with E-state index in [9.17, 15) is 8.78 Å². The van der Waals surface area contributed by atoms with Crippen molar-refractivity contribution < 1.29 is 8.78 Å². The fourth-order valence-corrected chi connectivity index (χ4v) is 2.30. The zero-order valence-corrected chi connectivity index (χ0v) is 7.48. The lowest BCUT2D eigenvalue weighted by atomic mass is 9.97. The molecule has 1 aliphatic carbocycles. The van der Waals surface area contributed by atoms with Crippen LogP contribution in [0.5, 0.6) is 0 Å². The van der Waals surface area contributed by atoms with E-state index in [1.807, 2.05) is 0 Å². The van der Waals surface area contributed by atoms with Crippen LogP contribution in [0.2, 0.25) is 0 Å². The first-order valence-corrected chi connectivity index (χ1v) is 4.62. The quantitative estimate of drug-likeness (QED) is 0.657. The average molecular weight is 196 g/mol. The van der Waals surface area contributed by atoms with Gasteiger partial charge in [-0.2, -0.15) is 0 Å². The van der Waals surface area contributed by atoms with Gasteiger partial charge in [-0.05, 0) is 18.1 Å². The second-order valence-electron chi connectivity index (χ2n) is 4.13. The molecule has 1 saturated carbocycles. The second-order valence-corrected chi connectivity index (χ2v) is 4.13. The summed E-state index contributed by atoms with van der Waals surface area (Å²) >= 11 is 0. The Hall–Kier alpha value is -1.16. The average Bonchev–Trinajstić information content (AvgIpc) is 2.67. The van der Waals surface area contributed by atoms with Crippen LogP contribution in [0, 0.1) is 11.6 Å². The Morgan fingerprint density at radius 1 is 1.36 bits per heavy atom. The molecule has 2 nitrogen and oxygen atoms in total. The predicted octanol–water partition coefficient (Wildman–Crippen LogP) is 1.36. The van der Waals surface area contributed by atoms with Gasteiger partial charge in [0.25, 0.3) is 0 Å². The topological polar surface area (TPSA) is 38.0 Å². The number of nitrogens with two attached hydrogens (primary N) is 1. The summed E-state index contributed by atoms with van der Waals surface area (Å²) in [6, 6.07) is 2.57. The number of hydrogen-bond donors (Lipinski definition) is 2. The van der Waals surface area contributed by atoms with Crippen LogP contribution >= 0.6 is 0 Å². The number of halogens is 2. The summed E-state index contributed by atoms with van der Waals surface area (Å²) < 4.78 is 25.9. The van der Waals surface area contributed by atoms with Crippen LogP contribution in [0.1, 0.15) is 12.0 Å². The first-order valence-electron chi connectivity index (χ1n) is 4.62. The normalized spacial score (nSPS) is 32.9. The summed E-state index contributed by atoms with van der Waals surface area (Å²) in [6.45, 7) is 0.701. The predicted molar refractivity (Wildman–Crippen MR) is 49.1 cm³/mol. The Morgan fingerprint density at radius 2 is 2.00 bits per heavy atom. The number of fused-ring (bicyclic) bond motifs is 2. The van der Waals surface area contributed by atoms with Gasteiger partial charge in [-0.15, -0.1) is 0 Å². The molecule has 0 aromatic heterocycles. The van der Waals surface area contributed by atoms with E-state index in [1.54, 1.807) is 0 Å². The van der Waals surface area contributed by atoms with Gasteiger partial charge in [-0.3, -0.25) is 0 Å². The zero-order chi connectivity index (χ0) is 9.92. The lowest BCUT2D eigenvalue weighted by Crippen LogP contribution is -2.20. The maximum Gasteiger partial charge on any atom is 0.160 e. The van der Waals surface area contributed by atoms with Crippen molar-refractivity contribution in [3.05, 3.63) is 29.3 Å². The number of nitrogens with one attached hydrogen (secondary N) is 1. The van der Waals surface area contributed by atoms with Crippen LogP contribution in [0.25, 0.3) is 0 Å². The molecule has 3 rings (SSSR count). The van der Waals surface area contributed by atoms with Crippen LogP contribution in [-0.4, -0.2) is 12.6 Å². The molecular weight excluding hydrogens is 186 g/mol. The van der Waals surface area contributed by atoms with Crippen LogP contribution in [-0.2, 0) is 5.41 Å². The van der Waals surface area contributed by atoms with E-state index in [2.05, 4.69) is 5.32 Å².